The van der Waals surface area contributed by atoms with Crippen molar-refractivity contribution < 1.29 is 19.1 Å². The third-order valence-electron chi connectivity index (χ3n) is 4.01. The van der Waals surface area contributed by atoms with E-state index in [1.54, 1.807) is 11.0 Å². The van der Waals surface area contributed by atoms with Crippen molar-refractivity contribution in [3.63, 3.8) is 0 Å². The average molecular weight is 413 g/mol. The van der Waals surface area contributed by atoms with E-state index in [0.29, 0.717) is 31.7 Å². The summed E-state index contributed by atoms with van der Waals surface area (Å²) < 4.78 is 11.1. The lowest BCUT2D eigenvalue weighted by molar-refractivity contribution is 0.0240. The molecule has 1 aromatic carbocycles. The topological polar surface area (TPSA) is 59.1 Å². The van der Waals surface area contributed by atoms with Crippen molar-refractivity contribution in [3.8, 4) is 0 Å². The lowest BCUT2D eigenvalue weighted by atomic mass is 10.1. The number of hydrogen-bond acceptors (Lipinski definition) is 5. The third kappa shape index (κ3) is 4.87. The van der Waals surface area contributed by atoms with Gasteiger partial charge >= 0.3 is 12.1 Å². The van der Waals surface area contributed by atoms with Gasteiger partial charge in [-0.15, -0.1) is 0 Å². The van der Waals surface area contributed by atoms with Crippen molar-refractivity contribution in [1.82, 2.24) is 4.90 Å². The first-order valence-electron chi connectivity index (χ1n) is 8.23. The highest BCUT2D eigenvalue weighted by Gasteiger charge is 2.27. The zero-order valence-electron chi connectivity index (χ0n) is 15.4. The molecule has 1 heterocycles. The zero-order chi connectivity index (χ0) is 18.8. The predicted molar refractivity (Wildman–Crippen MR) is 100 cm³/mol. The number of piperazine rings is 1. The van der Waals surface area contributed by atoms with E-state index in [9.17, 15) is 9.59 Å². The standard InChI is InChI=1S/C18H25BrN2O4/c1-12-14(19)10-13(16(22)24-5)11-15(12)20-6-8-21(9-7-20)17(23)25-18(2,3)4/h10-11H,6-9H2,1-5H3. The van der Waals surface area contributed by atoms with Gasteiger partial charge in [0.1, 0.15) is 5.60 Å². The van der Waals surface area contributed by atoms with Crippen LogP contribution < -0.4 is 4.90 Å². The van der Waals surface area contributed by atoms with Gasteiger partial charge in [0, 0.05) is 36.3 Å². The second-order valence-electron chi connectivity index (χ2n) is 7.05. The van der Waals surface area contributed by atoms with Gasteiger partial charge < -0.3 is 19.3 Å². The molecule has 2 rings (SSSR count). The number of ether oxygens (including phenoxy) is 2. The number of rotatable bonds is 2. The number of esters is 1. The van der Waals surface area contributed by atoms with Gasteiger partial charge in [0.15, 0.2) is 0 Å². The molecule has 7 heteroatoms. The van der Waals surface area contributed by atoms with Crippen LogP contribution in [0.25, 0.3) is 0 Å². The summed E-state index contributed by atoms with van der Waals surface area (Å²) in [5, 5.41) is 0. The molecular formula is C18H25BrN2O4. The highest BCUT2D eigenvalue weighted by atomic mass is 79.9. The summed E-state index contributed by atoms with van der Waals surface area (Å²) in [5.74, 6) is -0.366. The van der Waals surface area contributed by atoms with Crippen LogP contribution in [-0.4, -0.2) is 55.9 Å². The van der Waals surface area contributed by atoms with Crippen molar-refractivity contribution >= 4 is 33.7 Å². The molecule has 0 bridgehead atoms. The van der Waals surface area contributed by atoms with Crippen molar-refractivity contribution in [2.45, 2.75) is 33.3 Å². The molecule has 0 aromatic heterocycles. The second kappa shape index (κ2) is 7.64. The van der Waals surface area contributed by atoms with Gasteiger partial charge in [-0.05, 0) is 45.4 Å². The van der Waals surface area contributed by atoms with Crippen LogP contribution >= 0.6 is 15.9 Å². The van der Waals surface area contributed by atoms with Crippen LogP contribution in [0.2, 0.25) is 0 Å². The number of halogens is 1. The number of carbonyl (C=O) groups is 2. The summed E-state index contributed by atoms with van der Waals surface area (Å²) in [7, 11) is 1.37. The molecule has 0 aliphatic carbocycles. The molecule has 1 amide bonds. The lowest BCUT2D eigenvalue weighted by Crippen LogP contribution is -2.50. The molecule has 0 unspecified atom stereocenters. The highest BCUT2D eigenvalue weighted by Crippen LogP contribution is 2.30. The van der Waals surface area contributed by atoms with Crippen LogP contribution in [0.15, 0.2) is 16.6 Å². The minimum absolute atomic E-state index is 0.284. The Morgan fingerprint density at radius 1 is 1.12 bits per heavy atom. The van der Waals surface area contributed by atoms with Gasteiger partial charge in [-0.1, -0.05) is 15.9 Å². The van der Waals surface area contributed by atoms with Crippen LogP contribution in [0.3, 0.4) is 0 Å². The number of hydrogen-bond donors (Lipinski definition) is 0. The Morgan fingerprint density at radius 3 is 2.24 bits per heavy atom. The Kier molecular flexibility index (Phi) is 5.98. The summed E-state index contributed by atoms with van der Waals surface area (Å²) >= 11 is 3.51. The summed E-state index contributed by atoms with van der Waals surface area (Å²) in [6, 6.07) is 3.61. The predicted octanol–water partition coefficient (Wildman–Crippen LogP) is 3.60. The Hall–Kier alpha value is -1.76. The van der Waals surface area contributed by atoms with E-state index >= 15 is 0 Å². The monoisotopic (exact) mass is 412 g/mol. The second-order valence-corrected chi connectivity index (χ2v) is 7.90. The molecule has 0 N–H and O–H groups in total. The van der Waals surface area contributed by atoms with Crippen LogP contribution in [0.5, 0.6) is 0 Å². The summed E-state index contributed by atoms with van der Waals surface area (Å²) in [5.41, 5.74) is 2.03. The maximum absolute atomic E-state index is 12.2. The van der Waals surface area contributed by atoms with E-state index < -0.39 is 5.60 Å². The van der Waals surface area contributed by atoms with Gasteiger partial charge in [0.05, 0.1) is 12.7 Å². The molecule has 6 nitrogen and oxygen atoms in total. The van der Waals surface area contributed by atoms with Gasteiger partial charge in [-0.2, -0.15) is 0 Å². The van der Waals surface area contributed by atoms with Gasteiger partial charge in [-0.25, -0.2) is 9.59 Å². The minimum Gasteiger partial charge on any atom is -0.465 e. The Labute approximate surface area is 157 Å². The molecule has 25 heavy (non-hydrogen) atoms. The maximum Gasteiger partial charge on any atom is 0.410 e. The first-order valence-corrected chi connectivity index (χ1v) is 9.03. The Morgan fingerprint density at radius 2 is 1.72 bits per heavy atom. The molecule has 1 fully saturated rings. The maximum atomic E-state index is 12.2. The van der Waals surface area contributed by atoms with Gasteiger partial charge in [0.2, 0.25) is 0 Å². The normalized spacial score (nSPS) is 15.1. The van der Waals surface area contributed by atoms with Crippen molar-refractivity contribution in [2.24, 2.45) is 0 Å². The van der Waals surface area contributed by atoms with E-state index in [1.807, 2.05) is 33.8 Å². The van der Waals surface area contributed by atoms with Crippen LogP contribution in [0.1, 0.15) is 36.7 Å². The number of anilines is 1. The molecule has 0 spiro atoms. The molecule has 1 aromatic rings. The molecule has 0 saturated carbocycles. The number of nitrogens with zero attached hydrogens (tertiary/aromatic N) is 2. The van der Waals surface area contributed by atoms with Gasteiger partial charge in [-0.3, -0.25) is 0 Å². The van der Waals surface area contributed by atoms with Crippen LogP contribution in [0.4, 0.5) is 10.5 Å². The van der Waals surface area contributed by atoms with E-state index in [4.69, 9.17) is 9.47 Å². The number of methoxy groups -OCH3 is 1. The van der Waals surface area contributed by atoms with E-state index in [1.165, 1.54) is 7.11 Å². The highest BCUT2D eigenvalue weighted by molar-refractivity contribution is 9.10. The first kappa shape index (κ1) is 19.6. The number of carbonyl (C=O) groups excluding carboxylic acids is 2. The van der Waals surface area contributed by atoms with E-state index in [2.05, 4.69) is 20.8 Å². The fourth-order valence-corrected chi connectivity index (χ4v) is 3.13. The molecular weight excluding hydrogens is 388 g/mol. The molecule has 0 radical (unpaired) electrons. The zero-order valence-corrected chi connectivity index (χ0v) is 17.0. The summed E-state index contributed by atoms with van der Waals surface area (Å²) in [6.07, 6.45) is -0.284. The third-order valence-corrected chi connectivity index (χ3v) is 4.83. The van der Waals surface area contributed by atoms with Crippen LogP contribution in [0, 0.1) is 6.92 Å². The quantitative estimate of drug-likeness (QED) is 0.694. The molecule has 138 valence electrons. The molecule has 0 atom stereocenters. The molecule has 1 aliphatic heterocycles. The average Bonchev–Trinajstić information content (AvgIpc) is 2.55. The van der Waals surface area contributed by atoms with Crippen molar-refractivity contribution in [3.05, 3.63) is 27.7 Å². The fraction of sp³-hybridized carbons (Fsp3) is 0.556. The molecule has 1 aliphatic rings. The van der Waals surface area contributed by atoms with Crippen LogP contribution in [-0.2, 0) is 9.47 Å². The van der Waals surface area contributed by atoms with Crippen molar-refractivity contribution in [1.29, 1.82) is 0 Å². The Bertz CT molecular complexity index is 662. The SMILES string of the molecule is COC(=O)c1cc(Br)c(C)c(N2CCN(C(=O)OC(C)(C)C)CC2)c1. The molecule has 1 saturated heterocycles. The Balaban J connectivity index is 2.11. The largest absolute Gasteiger partial charge is 0.465 e. The first-order chi connectivity index (χ1) is 11.6. The number of amides is 1. The fourth-order valence-electron chi connectivity index (χ4n) is 2.68. The lowest BCUT2D eigenvalue weighted by Gasteiger charge is -2.37. The summed E-state index contributed by atoms with van der Waals surface area (Å²) in [4.78, 5) is 27.9. The van der Waals surface area contributed by atoms with Crippen molar-refractivity contribution in [2.75, 3.05) is 38.2 Å². The summed E-state index contributed by atoms with van der Waals surface area (Å²) in [6.45, 7) is 10.1. The van der Waals surface area contributed by atoms with Gasteiger partial charge in [0.25, 0.3) is 0 Å². The number of benzene rings is 1. The minimum atomic E-state index is -0.496. The van der Waals surface area contributed by atoms with E-state index in [0.717, 1.165) is 15.7 Å². The smallest absolute Gasteiger partial charge is 0.410 e. The van der Waals surface area contributed by atoms with E-state index in [-0.39, 0.29) is 12.1 Å².